The van der Waals surface area contributed by atoms with Gasteiger partial charge in [0.2, 0.25) is 0 Å². The quantitative estimate of drug-likeness (QED) is 0.151. The number of hydrogen-bond donors (Lipinski definition) is 1. The van der Waals surface area contributed by atoms with Gasteiger partial charge in [0.1, 0.15) is 5.84 Å². The number of aryl methyl sites for hydroxylation is 1. The largest absolute Gasteiger partial charge is 0.383 e. The first-order valence-corrected chi connectivity index (χ1v) is 14.5. The normalized spacial score (nSPS) is 12.0. The lowest BCUT2D eigenvalue weighted by molar-refractivity contribution is 1.14. The van der Waals surface area contributed by atoms with E-state index in [0.717, 1.165) is 35.1 Å². The van der Waals surface area contributed by atoms with E-state index in [2.05, 4.69) is 122 Å². The van der Waals surface area contributed by atoms with E-state index in [1.165, 1.54) is 38.8 Å². The number of allylic oxidation sites excluding steroid dienone is 1. The molecule has 6 aromatic rings. The molecule has 0 atom stereocenters. The maximum Gasteiger partial charge on any atom is 0.131 e. The average Bonchev–Trinajstić information content (AvgIpc) is 3.07. The van der Waals surface area contributed by atoms with Crippen LogP contribution in [0.2, 0.25) is 0 Å². The van der Waals surface area contributed by atoms with Gasteiger partial charge in [-0.2, -0.15) is 0 Å². The summed E-state index contributed by atoms with van der Waals surface area (Å²) in [5.41, 5.74) is 16.9. The second-order valence-corrected chi connectivity index (χ2v) is 10.5. The molecule has 0 aliphatic heterocycles. The molecule has 0 spiro atoms. The lowest BCUT2D eigenvalue weighted by Gasteiger charge is -2.14. The molecule has 0 bridgehead atoms. The molecule has 0 aromatic heterocycles. The van der Waals surface area contributed by atoms with E-state index >= 15 is 0 Å². The zero-order valence-corrected chi connectivity index (χ0v) is 23.9. The monoisotopic (exact) mass is 542 g/mol. The van der Waals surface area contributed by atoms with Crippen LogP contribution in [0, 0.1) is 0 Å². The Morgan fingerprint density at radius 3 is 1.83 bits per heavy atom. The predicted molar refractivity (Wildman–Crippen MR) is 179 cm³/mol. The van der Waals surface area contributed by atoms with Crippen molar-refractivity contribution in [1.82, 2.24) is 0 Å². The zero-order valence-electron chi connectivity index (χ0n) is 23.9. The van der Waals surface area contributed by atoms with Gasteiger partial charge < -0.3 is 5.73 Å². The van der Waals surface area contributed by atoms with E-state index in [1.54, 1.807) is 0 Å². The highest BCUT2D eigenvalue weighted by atomic mass is 14.9. The van der Waals surface area contributed by atoms with Crippen LogP contribution >= 0.6 is 0 Å². The molecule has 0 fully saturated rings. The van der Waals surface area contributed by atoms with Gasteiger partial charge in [-0.15, -0.1) is 0 Å². The van der Waals surface area contributed by atoms with Crippen LogP contribution in [0.4, 0.5) is 0 Å². The summed E-state index contributed by atoms with van der Waals surface area (Å²) in [5, 5.41) is 2.36. The van der Waals surface area contributed by atoms with Crippen LogP contribution in [0.15, 0.2) is 157 Å². The molecular formula is C40H34N2. The Labute approximate surface area is 248 Å². The van der Waals surface area contributed by atoms with Crippen molar-refractivity contribution in [3.63, 3.8) is 0 Å². The van der Waals surface area contributed by atoms with Gasteiger partial charge in [0.15, 0.2) is 0 Å². The first kappa shape index (κ1) is 27.0. The first-order valence-electron chi connectivity index (χ1n) is 14.5. The van der Waals surface area contributed by atoms with Crippen molar-refractivity contribution in [2.45, 2.75) is 19.8 Å². The van der Waals surface area contributed by atoms with Gasteiger partial charge in [-0.05, 0) is 57.0 Å². The molecule has 0 aliphatic carbocycles. The summed E-state index contributed by atoms with van der Waals surface area (Å²) in [7, 11) is 0. The Bertz CT molecular complexity index is 1850. The molecule has 2 nitrogen and oxygen atoms in total. The Balaban J connectivity index is 1.42. The van der Waals surface area contributed by atoms with Crippen LogP contribution < -0.4 is 5.73 Å². The van der Waals surface area contributed by atoms with Crippen LogP contribution in [-0.4, -0.2) is 5.84 Å². The summed E-state index contributed by atoms with van der Waals surface area (Å²) in [6.07, 6.45) is 3.97. The van der Waals surface area contributed by atoms with E-state index in [0.29, 0.717) is 5.84 Å². The number of nitrogens with zero attached hydrogens (tertiary/aromatic N) is 1. The fourth-order valence-corrected chi connectivity index (χ4v) is 5.39. The molecular weight excluding hydrogens is 508 g/mol. The van der Waals surface area contributed by atoms with Gasteiger partial charge in [-0.3, -0.25) is 0 Å². The average molecular weight is 543 g/mol. The standard InChI is InChI=1S/C40H34N2/c1-2-29-17-24-33(25-18-29)35-26-27-38(37-16-10-9-15-36(35)37)39(42-40(41)34-13-7-4-8-14-34)28-21-30-19-22-32(23-20-30)31-11-5-3-6-12-31/h3-20,22-28H,2,21H2,1H3,(H2,41,42)/b39-28-. The van der Waals surface area contributed by atoms with E-state index in [-0.39, 0.29) is 0 Å². The van der Waals surface area contributed by atoms with Crippen LogP contribution in [0.5, 0.6) is 0 Å². The Morgan fingerprint density at radius 2 is 1.14 bits per heavy atom. The maximum absolute atomic E-state index is 6.59. The van der Waals surface area contributed by atoms with E-state index in [1.807, 2.05) is 36.4 Å². The second-order valence-electron chi connectivity index (χ2n) is 10.5. The van der Waals surface area contributed by atoms with Crippen molar-refractivity contribution in [2.24, 2.45) is 10.7 Å². The van der Waals surface area contributed by atoms with Crippen molar-refractivity contribution in [3.05, 3.63) is 174 Å². The molecule has 0 amide bonds. The molecule has 6 rings (SSSR count). The highest BCUT2D eigenvalue weighted by Crippen LogP contribution is 2.35. The van der Waals surface area contributed by atoms with E-state index < -0.39 is 0 Å². The summed E-state index contributed by atoms with van der Waals surface area (Å²) in [4.78, 5) is 5.03. The minimum absolute atomic E-state index is 0.504. The van der Waals surface area contributed by atoms with Crippen LogP contribution in [0.3, 0.4) is 0 Å². The Hall–Kier alpha value is -5.21. The van der Waals surface area contributed by atoms with Crippen molar-refractivity contribution in [2.75, 3.05) is 0 Å². The lowest BCUT2D eigenvalue weighted by Crippen LogP contribution is -2.13. The summed E-state index contributed by atoms with van der Waals surface area (Å²) >= 11 is 0. The molecule has 0 radical (unpaired) electrons. The molecule has 0 unspecified atom stereocenters. The summed E-state index contributed by atoms with van der Waals surface area (Å²) < 4.78 is 0. The number of nitrogens with two attached hydrogens (primary N) is 1. The number of amidine groups is 1. The second kappa shape index (κ2) is 12.5. The highest BCUT2D eigenvalue weighted by molar-refractivity contribution is 6.06. The van der Waals surface area contributed by atoms with Crippen molar-refractivity contribution in [3.8, 4) is 22.3 Å². The minimum Gasteiger partial charge on any atom is -0.383 e. The van der Waals surface area contributed by atoms with E-state index in [9.17, 15) is 0 Å². The van der Waals surface area contributed by atoms with Gasteiger partial charge >= 0.3 is 0 Å². The molecule has 42 heavy (non-hydrogen) atoms. The van der Waals surface area contributed by atoms with Crippen LogP contribution in [0.25, 0.3) is 38.7 Å². The number of rotatable bonds is 8. The SMILES string of the molecule is CCc1ccc(-c2ccc(/C(=C/Cc3ccc(-c4ccccc4)cc3)N=C(N)c3ccccc3)c3ccccc23)cc1. The fourth-order valence-electron chi connectivity index (χ4n) is 5.39. The lowest BCUT2D eigenvalue weighted by atomic mass is 9.93. The molecule has 0 saturated carbocycles. The smallest absolute Gasteiger partial charge is 0.131 e. The number of aliphatic imine (C=N–C) groups is 1. The maximum atomic E-state index is 6.59. The van der Waals surface area contributed by atoms with Crippen LogP contribution in [0.1, 0.15) is 29.2 Å². The molecule has 6 aromatic carbocycles. The van der Waals surface area contributed by atoms with E-state index in [4.69, 9.17) is 10.7 Å². The summed E-state index contributed by atoms with van der Waals surface area (Å²) in [6, 6.07) is 51.1. The third-order valence-corrected chi connectivity index (χ3v) is 7.78. The molecule has 204 valence electrons. The number of benzene rings is 6. The molecule has 0 aliphatic rings. The molecule has 0 heterocycles. The third kappa shape index (κ3) is 5.94. The number of fused-ring (bicyclic) bond motifs is 1. The summed E-state index contributed by atoms with van der Waals surface area (Å²) in [6.45, 7) is 2.19. The third-order valence-electron chi connectivity index (χ3n) is 7.78. The van der Waals surface area contributed by atoms with Crippen molar-refractivity contribution in [1.29, 1.82) is 0 Å². The molecule has 0 saturated heterocycles. The molecule has 2 heteroatoms. The van der Waals surface area contributed by atoms with Gasteiger partial charge in [0.25, 0.3) is 0 Å². The van der Waals surface area contributed by atoms with Gasteiger partial charge in [-0.1, -0.05) is 159 Å². The van der Waals surface area contributed by atoms with Gasteiger partial charge in [-0.25, -0.2) is 4.99 Å². The van der Waals surface area contributed by atoms with Gasteiger partial charge in [0, 0.05) is 11.1 Å². The first-order chi connectivity index (χ1) is 20.7. The summed E-state index contributed by atoms with van der Waals surface area (Å²) in [5.74, 6) is 0.504. The highest BCUT2D eigenvalue weighted by Gasteiger charge is 2.12. The van der Waals surface area contributed by atoms with Gasteiger partial charge in [0.05, 0.1) is 5.70 Å². The Morgan fingerprint density at radius 1 is 0.571 bits per heavy atom. The zero-order chi connectivity index (χ0) is 28.7. The van der Waals surface area contributed by atoms with Crippen LogP contribution in [-0.2, 0) is 12.8 Å². The molecule has 2 N–H and O–H groups in total. The Kier molecular flexibility index (Phi) is 8.05. The minimum atomic E-state index is 0.504. The van der Waals surface area contributed by atoms with Crippen molar-refractivity contribution < 1.29 is 0 Å². The number of hydrogen-bond acceptors (Lipinski definition) is 1. The van der Waals surface area contributed by atoms with Crippen molar-refractivity contribution >= 4 is 22.3 Å². The fraction of sp³-hybridized carbons (Fsp3) is 0.0750. The topological polar surface area (TPSA) is 38.4 Å². The predicted octanol–water partition coefficient (Wildman–Crippen LogP) is 9.73.